The van der Waals surface area contributed by atoms with Crippen molar-refractivity contribution in [3.05, 3.63) is 12.7 Å². The molecule has 0 aliphatic heterocycles. The van der Waals surface area contributed by atoms with Crippen LogP contribution in [0.5, 0.6) is 0 Å². The fourth-order valence-electron chi connectivity index (χ4n) is 0. The van der Waals surface area contributed by atoms with Crippen LogP contribution < -0.4 is 0 Å². The van der Waals surface area contributed by atoms with Gasteiger partial charge in [0.2, 0.25) is 0 Å². The monoisotopic (exact) mass is 126 g/mol. The third kappa shape index (κ3) is 8.85. The van der Waals surface area contributed by atoms with Gasteiger partial charge in [0.25, 0.3) is 0 Å². The van der Waals surface area contributed by atoms with Gasteiger partial charge in [-0.25, -0.2) is 0 Å². The molecule has 38 valence electrons. The Kier molecular flexibility index (Phi) is 8.50. The lowest BCUT2D eigenvalue weighted by atomic mass is 10.5. The molecule has 0 aromatic heterocycles. The summed E-state index contributed by atoms with van der Waals surface area (Å²) in [6.45, 7) is 5.30. The van der Waals surface area contributed by atoms with E-state index in [4.69, 9.17) is 11.6 Å². The summed E-state index contributed by atoms with van der Waals surface area (Å²) in [7, 11) is 0. The lowest BCUT2D eigenvalue weighted by Gasteiger charge is -1.81. The van der Waals surface area contributed by atoms with Gasteiger partial charge >= 0.3 is 0 Å². The summed E-state index contributed by atoms with van der Waals surface area (Å²) in [6.07, 6.45) is 1.68. The van der Waals surface area contributed by atoms with Crippen LogP contribution in [0, 0.1) is 0 Å². The summed E-state index contributed by atoms with van der Waals surface area (Å²) in [4.78, 5) is 0. The summed E-state index contributed by atoms with van der Waals surface area (Å²) in [5.74, 6) is 0. The normalized spacial score (nSPS) is 11.7. The van der Waals surface area contributed by atoms with E-state index in [-0.39, 0.29) is 17.8 Å². The molecular weight excluding hydrogens is 119 g/mol. The van der Waals surface area contributed by atoms with E-state index in [1.807, 2.05) is 6.92 Å². The molecule has 0 aromatic rings. The Hall–Kier alpha value is 0.320. The van der Waals surface area contributed by atoms with Crippen LogP contribution in [0.4, 0.5) is 0 Å². The molecule has 0 amide bonds. The average molecular weight is 127 g/mol. The van der Waals surface area contributed by atoms with E-state index in [1.165, 1.54) is 0 Å². The molecule has 0 nitrogen and oxygen atoms in total. The molecule has 0 spiro atoms. The maximum absolute atomic E-state index is 5.34. The molecule has 0 rings (SSSR count). The Morgan fingerprint density at radius 1 is 1.83 bits per heavy atom. The highest BCUT2D eigenvalue weighted by molar-refractivity contribution is 6.21. The zero-order chi connectivity index (χ0) is 4.28. The van der Waals surface area contributed by atoms with Crippen molar-refractivity contribution in [2.24, 2.45) is 0 Å². The molecule has 0 saturated carbocycles. The lowest BCUT2D eigenvalue weighted by molar-refractivity contribution is 1.24. The van der Waals surface area contributed by atoms with Crippen molar-refractivity contribution in [2.75, 3.05) is 0 Å². The first-order valence-electron chi connectivity index (χ1n) is 1.54. The van der Waals surface area contributed by atoms with Crippen LogP contribution in [0.25, 0.3) is 0 Å². The second-order valence-corrected chi connectivity index (χ2v) is 1.60. The molecule has 1 unspecified atom stereocenters. The SMILES string of the molecule is C=CC(C)Cl.Cl. The van der Waals surface area contributed by atoms with E-state index in [9.17, 15) is 0 Å². The molecule has 1 atom stereocenters. The van der Waals surface area contributed by atoms with Crippen molar-refractivity contribution >= 4 is 24.0 Å². The van der Waals surface area contributed by atoms with Crippen molar-refractivity contribution in [2.45, 2.75) is 12.3 Å². The minimum Gasteiger partial charge on any atom is -0.147 e. The molecule has 0 radical (unpaired) electrons. The Bertz CT molecular complexity index is 32.5. The van der Waals surface area contributed by atoms with Crippen molar-refractivity contribution in [1.29, 1.82) is 0 Å². The third-order valence-corrected chi connectivity index (χ3v) is 0.503. The summed E-state index contributed by atoms with van der Waals surface area (Å²) in [5.41, 5.74) is 0. The Morgan fingerprint density at radius 2 is 2.00 bits per heavy atom. The smallest absolute Gasteiger partial charge is 0.0485 e. The zero-order valence-corrected chi connectivity index (χ0v) is 5.22. The lowest BCUT2D eigenvalue weighted by Crippen LogP contribution is -1.75. The van der Waals surface area contributed by atoms with Gasteiger partial charge in [-0.15, -0.1) is 30.6 Å². The fraction of sp³-hybridized carbons (Fsp3) is 0.500. The number of allylic oxidation sites excluding steroid dienone is 1. The minimum absolute atomic E-state index is 0. The van der Waals surface area contributed by atoms with Gasteiger partial charge < -0.3 is 0 Å². The summed E-state index contributed by atoms with van der Waals surface area (Å²) < 4.78 is 0. The van der Waals surface area contributed by atoms with Crippen molar-refractivity contribution in [3.63, 3.8) is 0 Å². The maximum atomic E-state index is 5.34. The van der Waals surface area contributed by atoms with E-state index in [0.29, 0.717) is 0 Å². The Labute approximate surface area is 49.6 Å². The van der Waals surface area contributed by atoms with E-state index in [1.54, 1.807) is 6.08 Å². The summed E-state index contributed by atoms with van der Waals surface area (Å²) in [6, 6.07) is 0. The topological polar surface area (TPSA) is 0 Å². The van der Waals surface area contributed by atoms with Crippen LogP contribution in [0.15, 0.2) is 12.7 Å². The van der Waals surface area contributed by atoms with Crippen molar-refractivity contribution < 1.29 is 0 Å². The fourth-order valence-corrected chi connectivity index (χ4v) is 0. The molecule has 0 N–H and O–H groups in total. The Balaban J connectivity index is 0. The van der Waals surface area contributed by atoms with Gasteiger partial charge in [-0.2, -0.15) is 0 Å². The van der Waals surface area contributed by atoms with Gasteiger partial charge in [0.15, 0.2) is 0 Å². The van der Waals surface area contributed by atoms with Gasteiger partial charge in [0, 0.05) is 5.38 Å². The maximum Gasteiger partial charge on any atom is 0.0485 e. The number of rotatable bonds is 1. The second kappa shape index (κ2) is 5.32. The minimum atomic E-state index is 0. The van der Waals surface area contributed by atoms with Crippen molar-refractivity contribution in [1.82, 2.24) is 0 Å². The third-order valence-electron chi connectivity index (χ3n) is 0.325. The van der Waals surface area contributed by atoms with Crippen LogP contribution in [0.1, 0.15) is 6.92 Å². The highest BCUT2D eigenvalue weighted by Crippen LogP contribution is 1.89. The first-order valence-corrected chi connectivity index (χ1v) is 1.97. The second-order valence-electron chi connectivity index (χ2n) is 0.913. The molecule has 0 aliphatic carbocycles. The molecule has 6 heavy (non-hydrogen) atoms. The molecular formula is C4H8Cl2. The van der Waals surface area contributed by atoms with Gasteiger partial charge in [0.1, 0.15) is 0 Å². The molecule has 0 bridgehead atoms. The highest BCUT2D eigenvalue weighted by Gasteiger charge is 1.77. The van der Waals surface area contributed by atoms with E-state index >= 15 is 0 Å². The van der Waals surface area contributed by atoms with Crippen LogP contribution >= 0.6 is 24.0 Å². The number of halogens is 2. The van der Waals surface area contributed by atoms with Gasteiger partial charge in [0.05, 0.1) is 0 Å². The van der Waals surface area contributed by atoms with Gasteiger partial charge in [-0.1, -0.05) is 6.08 Å². The predicted octanol–water partition coefficient (Wildman–Crippen LogP) is 2.22. The predicted molar refractivity (Wildman–Crippen MR) is 32.8 cm³/mol. The molecule has 0 fully saturated rings. The molecule has 2 heteroatoms. The number of alkyl halides is 1. The van der Waals surface area contributed by atoms with Crippen LogP contribution in [-0.4, -0.2) is 5.38 Å². The first-order chi connectivity index (χ1) is 2.27. The van der Waals surface area contributed by atoms with E-state index in [0.717, 1.165) is 0 Å². The standard InChI is InChI=1S/C4H7Cl.ClH/c1-3-4(2)5;/h3-4H,1H2,2H3;1H. The number of hydrogen-bond acceptors (Lipinski definition) is 0. The molecule has 0 heterocycles. The van der Waals surface area contributed by atoms with Crippen LogP contribution in [0.3, 0.4) is 0 Å². The first kappa shape index (κ1) is 9.58. The van der Waals surface area contributed by atoms with Gasteiger partial charge in [-0.3, -0.25) is 0 Å². The number of hydrogen-bond donors (Lipinski definition) is 0. The zero-order valence-electron chi connectivity index (χ0n) is 3.65. The highest BCUT2D eigenvalue weighted by atomic mass is 35.5. The van der Waals surface area contributed by atoms with Crippen molar-refractivity contribution in [3.8, 4) is 0 Å². The molecule has 0 aromatic carbocycles. The van der Waals surface area contributed by atoms with Crippen LogP contribution in [0.2, 0.25) is 0 Å². The molecule has 0 aliphatic rings. The quantitative estimate of drug-likeness (QED) is 0.374. The van der Waals surface area contributed by atoms with Gasteiger partial charge in [-0.05, 0) is 6.92 Å². The van der Waals surface area contributed by atoms with Crippen LogP contribution in [-0.2, 0) is 0 Å². The Morgan fingerprint density at radius 3 is 2.00 bits per heavy atom. The average Bonchev–Trinajstić information content (AvgIpc) is 1.38. The molecule has 0 saturated heterocycles. The summed E-state index contributed by atoms with van der Waals surface area (Å²) in [5, 5.41) is 0.120. The van der Waals surface area contributed by atoms with E-state index in [2.05, 4.69) is 6.58 Å². The largest absolute Gasteiger partial charge is 0.147 e. The summed E-state index contributed by atoms with van der Waals surface area (Å²) >= 11 is 5.34. The van der Waals surface area contributed by atoms with E-state index < -0.39 is 0 Å².